The number of methoxy groups -OCH3 is 3. The highest BCUT2D eigenvalue weighted by Crippen LogP contribution is 2.36. The van der Waals surface area contributed by atoms with Gasteiger partial charge in [-0.05, 0) is 29.8 Å². The fourth-order valence-corrected chi connectivity index (χ4v) is 2.71. The van der Waals surface area contributed by atoms with E-state index in [0.29, 0.717) is 35.1 Å². The van der Waals surface area contributed by atoms with Crippen LogP contribution >= 0.6 is 0 Å². The van der Waals surface area contributed by atoms with Crippen molar-refractivity contribution in [2.45, 2.75) is 6.42 Å². The Labute approximate surface area is 156 Å². The number of hydrogen-bond acceptors (Lipinski definition) is 5. The summed E-state index contributed by atoms with van der Waals surface area (Å²) in [6, 6.07) is 9.45. The minimum Gasteiger partial charge on any atom is -0.496 e. The average Bonchev–Trinajstić information content (AvgIpc) is 3.02. The lowest BCUT2D eigenvalue weighted by atomic mass is 10.1. The van der Waals surface area contributed by atoms with Gasteiger partial charge in [-0.2, -0.15) is 0 Å². The van der Waals surface area contributed by atoms with E-state index in [9.17, 15) is 9.18 Å². The number of nitrogens with zero attached hydrogens (tertiary/aromatic N) is 1. The molecule has 0 fully saturated rings. The summed E-state index contributed by atoms with van der Waals surface area (Å²) >= 11 is 0. The van der Waals surface area contributed by atoms with E-state index < -0.39 is 0 Å². The Kier molecular flexibility index (Phi) is 5.40. The normalized spacial score (nSPS) is 14.7. The summed E-state index contributed by atoms with van der Waals surface area (Å²) < 4.78 is 28.9. The van der Waals surface area contributed by atoms with Crippen molar-refractivity contribution in [3.8, 4) is 17.2 Å². The van der Waals surface area contributed by atoms with Crippen LogP contribution in [0.2, 0.25) is 0 Å². The van der Waals surface area contributed by atoms with Crippen LogP contribution < -0.4 is 19.5 Å². The molecule has 2 aromatic rings. The zero-order chi connectivity index (χ0) is 19.4. The molecule has 3 rings (SSSR count). The lowest BCUT2D eigenvalue weighted by molar-refractivity contribution is -0.115. The predicted octanol–water partition coefficient (Wildman–Crippen LogP) is 2.96. The summed E-state index contributed by atoms with van der Waals surface area (Å²) in [7, 11) is 4.59. The molecule has 0 atom stereocenters. The van der Waals surface area contributed by atoms with Crippen LogP contribution in [0.4, 0.5) is 4.39 Å². The van der Waals surface area contributed by atoms with Crippen LogP contribution in [0.5, 0.6) is 17.2 Å². The first kappa shape index (κ1) is 18.4. The molecule has 0 bridgehead atoms. The standard InChI is InChI=1S/C20H19FN2O4/c1-25-16-11-18(27-3)17(26-2)10-13(16)9-15-20(24)23-19(22-15)8-12-4-6-14(21)7-5-12/h4-7,9-11H,8H2,1-3H3,(H,22,23,24)/b15-9-. The maximum absolute atomic E-state index is 13.0. The van der Waals surface area contributed by atoms with Crippen LogP contribution in [0.3, 0.4) is 0 Å². The van der Waals surface area contributed by atoms with Crippen LogP contribution in [-0.2, 0) is 11.2 Å². The molecule has 1 N–H and O–H groups in total. The Bertz CT molecular complexity index is 920. The van der Waals surface area contributed by atoms with Gasteiger partial charge >= 0.3 is 0 Å². The molecule has 7 heteroatoms. The van der Waals surface area contributed by atoms with Gasteiger partial charge in [0, 0.05) is 18.1 Å². The third-order valence-electron chi connectivity index (χ3n) is 4.06. The van der Waals surface area contributed by atoms with E-state index in [1.165, 1.54) is 33.5 Å². The molecule has 6 nitrogen and oxygen atoms in total. The van der Waals surface area contributed by atoms with Gasteiger partial charge in [0.05, 0.1) is 21.3 Å². The predicted molar refractivity (Wildman–Crippen MR) is 99.8 cm³/mol. The number of amidine groups is 1. The molecular formula is C20H19FN2O4. The number of benzene rings is 2. The Balaban J connectivity index is 1.90. The summed E-state index contributed by atoms with van der Waals surface area (Å²) in [5.74, 6) is 1.43. The van der Waals surface area contributed by atoms with Crippen molar-refractivity contribution in [2.24, 2.45) is 4.99 Å². The van der Waals surface area contributed by atoms with E-state index in [4.69, 9.17) is 14.2 Å². The number of rotatable bonds is 6. The molecule has 140 valence electrons. The molecule has 0 unspecified atom stereocenters. The summed E-state index contributed by atoms with van der Waals surface area (Å²) in [5, 5.41) is 2.73. The lowest BCUT2D eigenvalue weighted by Crippen LogP contribution is -2.25. The summed E-state index contributed by atoms with van der Waals surface area (Å²) in [4.78, 5) is 16.6. The second kappa shape index (κ2) is 7.90. The number of amides is 1. The van der Waals surface area contributed by atoms with Gasteiger partial charge in [-0.1, -0.05) is 12.1 Å². The van der Waals surface area contributed by atoms with Crippen molar-refractivity contribution in [1.29, 1.82) is 0 Å². The minimum absolute atomic E-state index is 0.248. The van der Waals surface area contributed by atoms with Crippen LogP contribution in [0.15, 0.2) is 47.1 Å². The van der Waals surface area contributed by atoms with Crippen LogP contribution in [0, 0.1) is 5.82 Å². The monoisotopic (exact) mass is 370 g/mol. The lowest BCUT2D eigenvalue weighted by Gasteiger charge is -2.12. The van der Waals surface area contributed by atoms with Crippen molar-refractivity contribution >= 4 is 17.8 Å². The number of hydrogen-bond donors (Lipinski definition) is 1. The van der Waals surface area contributed by atoms with Crippen molar-refractivity contribution < 1.29 is 23.4 Å². The zero-order valence-electron chi connectivity index (χ0n) is 15.2. The molecule has 0 aromatic heterocycles. The smallest absolute Gasteiger partial charge is 0.275 e. The number of carbonyl (C=O) groups is 1. The van der Waals surface area contributed by atoms with Gasteiger partial charge in [0.15, 0.2) is 11.5 Å². The molecule has 27 heavy (non-hydrogen) atoms. The molecule has 1 aliphatic heterocycles. The number of nitrogens with one attached hydrogen (secondary N) is 1. The SMILES string of the molecule is COc1cc(OC)c(OC)cc1/C=C1\N=C(Cc2ccc(F)cc2)NC1=O. The third kappa shape index (κ3) is 4.08. The van der Waals surface area contributed by atoms with Gasteiger partial charge in [0.2, 0.25) is 0 Å². The van der Waals surface area contributed by atoms with Gasteiger partial charge < -0.3 is 19.5 Å². The first-order valence-corrected chi connectivity index (χ1v) is 8.19. The Morgan fingerprint density at radius 1 is 1.00 bits per heavy atom. The fourth-order valence-electron chi connectivity index (χ4n) is 2.71. The third-order valence-corrected chi connectivity index (χ3v) is 4.06. The molecule has 0 saturated heterocycles. The number of halogens is 1. The van der Waals surface area contributed by atoms with Gasteiger partial charge in [0.1, 0.15) is 23.1 Å². The van der Waals surface area contributed by atoms with E-state index in [1.54, 1.807) is 30.3 Å². The van der Waals surface area contributed by atoms with Gasteiger partial charge in [-0.25, -0.2) is 9.38 Å². The second-order valence-corrected chi connectivity index (χ2v) is 5.79. The zero-order valence-corrected chi connectivity index (χ0v) is 15.2. The van der Waals surface area contributed by atoms with E-state index >= 15 is 0 Å². The Morgan fingerprint density at radius 2 is 1.63 bits per heavy atom. The Morgan fingerprint density at radius 3 is 2.26 bits per heavy atom. The van der Waals surface area contributed by atoms with E-state index in [1.807, 2.05) is 0 Å². The van der Waals surface area contributed by atoms with Crippen LogP contribution in [0.1, 0.15) is 11.1 Å². The van der Waals surface area contributed by atoms with Gasteiger partial charge in [0.25, 0.3) is 5.91 Å². The first-order valence-electron chi connectivity index (χ1n) is 8.19. The highest BCUT2D eigenvalue weighted by Gasteiger charge is 2.21. The van der Waals surface area contributed by atoms with E-state index in [-0.39, 0.29) is 17.4 Å². The highest BCUT2D eigenvalue weighted by molar-refractivity contribution is 6.14. The molecule has 0 saturated carbocycles. The van der Waals surface area contributed by atoms with Crippen molar-refractivity contribution in [3.05, 3.63) is 59.0 Å². The highest BCUT2D eigenvalue weighted by atomic mass is 19.1. The Hall–Kier alpha value is -3.35. The molecule has 1 amide bonds. The van der Waals surface area contributed by atoms with Crippen molar-refractivity contribution in [1.82, 2.24) is 5.32 Å². The topological polar surface area (TPSA) is 69.2 Å². The van der Waals surface area contributed by atoms with Crippen LogP contribution in [-0.4, -0.2) is 33.1 Å². The second-order valence-electron chi connectivity index (χ2n) is 5.79. The van der Waals surface area contributed by atoms with Gasteiger partial charge in [-0.3, -0.25) is 4.79 Å². The number of aliphatic imine (C=N–C) groups is 1. The van der Waals surface area contributed by atoms with Crippen molar-refractivity contribution in [3.63, 3.8) is 0 Å². The molecule has 2 aromatic carbocycles. The molecule has 0 radical (unpaired) electrons. The quantitative estimate of drug-likeness (QED) is 0.794. The molecule has 1 aliphatic rings. The van der Waals surface area contributed by atoms with Crippen LogP contribution in [0.25, 0.3) is 6.08 Å². The summed E-state index contributed by atoms with van der Waals surface area (Å²) in [5.41, 5.74) is 1.73. The molecular weight excluding hydrogens is 351 g/mol. The minimum atomic E-state index is -0.316. The first-order chi connectivity index (χ1) is 13.0. The largest absolute Gasteiger partial charge is 0.496 e. The number of carbonyl (C=O) groups excluding carboxylic acids is 1. The maximum atomic E-state index is 13.0. The summed E-state index contributed by atoms with van der Waals surface area (Å²) in [6.07, 6.45) is 2.01. The summed E-state index contributed by atoms with van der Waals surface area (Å²) in [6.45, 7) is 0. The number of ether oxygens (including phenoxy) is 3. The molecule has 0 spiro atoms. The van der Waals surface area contributed by atoms with E-state index in [2.05, 4.69) is 10.3 Å². The molecule has 1 heterocycles. The van der Waals surface area contributed by atoms with Crippen molar-refractivity contribution in [2.75, 3.05) is 21.3 Å². The fraction of sp³-hybridized carbons (Fsp3) is 0.200. The maximum Gasteiger partial charge on any atom is 0.275 e. The molecule has 0 aliphatic carbocycles. The van der Waals surface area contributed by atoms with E-state index in [0.717, 1.165) is 5.56 Å². The van der Waals surface area contributed by atoms with Gasteiger partial charge in [-0.15, -0.1) is 0 Å². The average molecular weight is 370 g/mol.